The van der Waals surface area contributed by atoms with Gasteiger partial charge in [-0.3, -0.25) is 9.59 Å². The van der Waals surface area contributed by atoms with Crippen LogP contribution >= 0.6 is 0 Å². The Morgan fingerprint density at radius 2 is 1.87 bits per heavy atom. The molecule has 0 aliphatic carbocycles. The van der Waals surface area contributed by atoms with Crippen molar-refractivity contribution in [1.29, 1.82) is 0 Å². The number of anilines is 1. The maximum absolute atomic E-state index is 12.6. The number of methoxy groups -OCH3 is 1. The van der Waals surface area contributed by atoms with Gasteiger partial charge in [-0.1, -0.05) is 6.07 Å². The van der Waals surface area contributed by atoms with Crippen molar-refractivity contribution in [3.05, 3.63) is 42.5 Å². The first-order chi connectivity index (χ1) is 14.3. The van der Waals surface area contributed by atoms with Gasteiger partial charge >= 0.3 is 5.97 Å². The minimum absolute atomic E-state index is 0.0920. The smallest absolute Gasteiger partial charge is 0.324 e. The van der Waals surface area contributed by atoms with Crippen LogP contribution in [0.3, 0.4) is 0 Å². The van der Waals surface area contributed by atoms with Crippen LogP contribution in [0.2, 0.25) is 0 Å². The fourth-order valence-electron chi connectivity index (χ4n) is 2.48. The van der Waals surface area contributed by atoms with E-state index < -0.39 is 34.5 Å². The van der Waals surface area contributed by atoms with Gasteiger partial charge in [-0.25, -0.2) is 8.42 Å². The first-order valence-electron chi connectivity index (χ1n) is 8.64. The number of amides is 1. The Balaban J connectivity index is 1.55. The molecule has 2 N–H and O–H groups in total. The second kappa shape index (κ2) is 9.15. The fraction of sp³-hybridized carbons (Fsp3) is 0.222. The number of esters is 1. The van der Waals surface area contributed by atoms with E-state index in [0.29, 0.717) is 17.1 Å². The lowest BCUT2D eigenvalue weighted by Gasteiger charge is -2.14. The van der Waals surface area contributed by atoms with E-state index in [1.54, 1.807) is 30.3 Å². The molecule has 2 aromatic carbocycles. The zero-order valence-corrected chi connectivity index (χ0v) is 17.6. The van der Waals surface area contributed by atoms with Crippen molar-refractivity contribution >= 4 is 50.3 Å². The number of hydrogen-bond donors (Lipinski definition) is 2. The van der Waals surface area contributed by atoms with E-state index in [0.717, 1.165) is 11.4 Å². The van der Waals surface area contributed by atoms with E-state index in [2.05, 4.69) is 18.8 Å². The Bertz CT molecular complexity index is 1140. The molecule has 1 atom stereocenters. The number of rotatable bonds is 8. The maximum Gasteiger partial charge on any atom is 0.324 e. The van der Waals surface area contributed by atoms with Gasteiger partial charge in [-0.2, -0.15) is 13.4 Å². The molecular formula is C18H18N4O6S2. The highest BCUT2D eigenvalue weighted by Gasteiger charge is 2.27. The number of carbonyl (C=O) groups is 2. The van der Waals surface area contributed by atoms with Crippen molar-refractivity contribution in [2.24, 2.45) is 8.73 Å². The number of sulfonamides is 1. The fourth-order valence-corrected chi connectivity index (χ4v) is 4.43. The third-order valence-corrected chi connectivity index (χ3v) is 6.06. The molecule has 1 amide bonds. The van der Waals surface area contributed by atoms with E-state index in [1.165, 1.54) is 26.2 Å². The minimum Gasteiger partial charge on any atom is -0.497 e. The van der Waals surface area contributed by atoms with Crippen LogP contribution in [0, 0.1) is 0 Å². The summed E-state index contributed by atoms with van der Waals surface area (Å²) in [7, 11) is -2.53. The molecule has 10 nitrogen and oxygen atoms in total. The molecule has 0 aromatic heterocycles. The van der Waals surface area contributed by atoms with E-state index in [4.69, 9.17) is 9.47 Å². The van der Waals surface area contributed by atoms with Crippen LogP contribution in [-0.2, 0) is 35.7 Å². The summed E-state index contributed by atoms with van der Waals surface area (Å²) in [6.07, 6.45) is 0. The molecule has 30 heavy (non-hydrogen) atoms. The quantitative estimate of drug-likeness (QED) is 0.505. The largest absolute Gasteiger partial charge is 0.497 e. The topological polar surface area (TPSA) is 136 Å². The second-order valence-electron chi connectivity index (χ2n) is 6.12. The lowest BCUT2D eigenvalue weighted by molar-refractivity contribution is -0.148. The van der Waals surface area contributed by atoms with Gasteiger partial charge in [0.25, 0.3) is 5.91 Å². The van der Waals surface area contributed by atoms with Gasteiger partial charge in [0.15, 0.2) is 6.61 Å². The molecule has 0 bridgehead atoms. The van der Waals surface area contributed by atoms with Gasteiger partial charge in [0, 0.05) is 5.69 Å². The molecule has 0 unspecified atom stereocenters. The third kappa shape index (κ3) is 5.09. The van der Waals surface area contributed by atoms with Crippen LogP contribution in [0.5, 0.6) is 5.75 Å². The predicted octanol–water partition coefficient (Wildman–Crippen LogP) is 2.27. The standard InChI is InChI=1S/C18H18N4O6S2/c1-11(22-30(25,26)15-5-3-4-14-17(15)21-29-20-14)18(24)28-10-16(23)19-12-6-8-13(27-2)9-7-12/h3-9,11,22H,10H2,1-2H3,(H,19,23)/t11-/m1/s1. The molecule has 2 aromatic rings. The van der Waals surface area contributed by atoms with Crippen LogP contribution in [0.25, 0.3) is 0 Å². The Hall–Kier alpha value is -3.09. The SMILES string of the molecule is COc1ccc(NC(=O)COC(=O)[C@@H](C)NS(=O)(=O)c2cccc3c2N=S=N3)cc1. The normalized spacial score (nSPS) is 13.1. The highest BCUT2D eigenvalue weighted by Crippen LogP contribution is 2.37. The van der Waals surface area contributed by atoms with Gasteiger partial charge < -0.3 is 14.8 Å². The lowest BCUT2D eigenvalue weighted by Crippen LogP contribution is -2.40. The zero-order chi connectivity index (χ0) is 21.7. The van der Waals surface area contributed by atoms with Crippen LogP contribution in [0.1, 0.15) is 6.92 Å². The van der Waals surface area contributed by atoms with E-state index in [9.17, 15) is 18.0 Å². The molecule has 1 aliphatic heterocycles. The highest BCUT2D eigenvalue weighted by molar-refractivity contribution is 7.89. The number of benzene rings is 2. The van der Waals surface area contributed by atoms with Crippen molar-refractivity contribution in [3.63, 3.8) is 0 Å². The molecule has 0 spiro atoms. The number of hydrogen-bond acceptors (Lipinski definition) is 8. The number of nitrogens with one attached hydrogen (secondary N) is 2. The van der Waals surface area contributed by atoms with Gasteiger partial charge in [0.05, 0.1) is 18.5 Å². The maximum atomic E-state index is 12.6. The van der Waals surface area contributed by atoms with Crippen LogP contribution < -0.4 is 14.8 Å². The lowest BCUT2D eigenvalue weighted by atomic mass is 10.3. The van der Waals surface area contributed by atoms with Crippen molar-refractivity contribution in [2.75, 3.05) is 19.0 Å². The summed E-state index contributed by atoms with van der Waals surface area (Å²) < 4.78 is 45.4. The van der Waals surface area contributed by atoms with Crippen molar-refractivity contribution in [1.82, 2.24) is 4.72 Å². The Labute approximate surface area is 176 Å². The summed E-state index contributed by atoms with van der Waals surface area (Å²) in [5.74, 6) is -0.835. The number of fused-ring (bicyclic) bond motifs is 1. The van der Waals surface area contributed by atoms with Gasteiger partial charge in [0.2, 0.25) is 10.0 Å². The summed E-state index contributed by atoms with van der Waals surface area (Å²) in [6, 6.07) is 9.90. The van der Waals surface area contributed by atoms with Crippen molar-refractivity contribution in [2.45, 2.75) is 17.9 Å². The summed E-state index contributed by atoms with van der Waals surface area (Å²) >= 11 is 0.887. The van der Waals surface area contributed by atoms with Gasteiger partial charge in [-0.05, 0) is 43.3 Å². The Kier molecular flexibility index (Phi) is 6.59. The Morgan fingerprint density at radius 1 is 1.13 bits per heavy atom. The Morgan fingerprint density at radius 3 is 2.57 bits per heavy atom. The molecule has 12 heteroatoms. The highest BCUT2D eigenvalue weighted by atomic mass is 32.2. The minimum atomic E-state index is -4.05. The van der Waals surface area contributed by atoms with Crippen LogP contribution in [0.4, 0.5) is 17.1 Å². The van der Waals surface area contributed by atoms with Crippen LogP contribution in [-0.4, -0.2) is 40.1 Å². The molecule has 0 saturated carbocycles. The summed E-state index contributed by atoms with van der Waals surface area (Å²) in [6.45, 7) is 0.753. The molecule has 0 saturated heterocycles. The summed E-state index contributed by atoms with van der Waals surface area (Å²) in [5, 5.41) is 2.55. The van der Waals surface area contributed by atoms with E-state index in [-0.39, 0.29) is 10.6 Å². The summed E-state index contributed by atoms with van der Waals surface area (Å²) in [5.41, 5.74) is 1.15. The molecule has 1 aliphatic rings. The molecule has 0 fully saturated rings. The molecule has 158 valence electrons. The molecular weight excluding hydrogens is 432 g/mol. The number of carbonyl (C=O) groups excluding carboxylic acids is 2. The number of nitrogens with zero attached hydrogens (tertiary/aromatic N) is 2. The summed E-state index contributed by atoms with van der Waals surface area (Å²) in [4.78, 5) is 24.0. The van der Waals surface area contributed by atoms with Crippen LogP contribution in [0.15, 0.2) is 56.1 Å². The number of ether oxygens (including phenoxy) is 2. The molecule has 1 heterocycles. The third-order valence-electron chi connectivity index (χ3n) is 3.94. The van der Waals surface area contributed by atoms with E-state index >= 15 is 0 Å². The zero-order valence-electron chi connectivity index (χ0n) is 16.0. The van der Waals surface area contributed by atoms with Crippen molar-refractivity contribution < 1.29 is 27.5 Å². The van der Waals surface area contributed by atoms with E-state index in [1.807, 2.05) is 0 Å². The molecule has 0 radical (unpaired) electrons. The van der Waals surface area contributed by atoms with Crippen molar-refractivity contribution in [3.8, 4) is 5.75 Å². The molecule has 3 rings (SSSR count). The average Bonchev–Trinajstić information content (AvgIpc) is 3.21. The monoisotopic (exact) mass is 450 g/mol. The average molecular weight is 450 g/mol. The second-order valence-corrected chi connectivity index (χ2v) is 8.33. The first kappa shape index (κ1) is 21.6. The van der Waals surface area contributed by atoms with Gasteiger partial charge in [0.1, 0.15) is 28.1 Å². The van der Waals surface area contributed by atoms with Gasteiger partial charge in [-0.15, -0.1) is 0 Å². The predicted molar refractivity (Wildman–Crippen MR) is 110 cm³/mol. The first-order valence-corrected chi connectivity index (χ1v) is 10.9.